The van der Waals surface area contributed by atoms with E-state index in [9.17, 15) is 4.79 Å². The summed E-state index contributed by atoms with van der Waals surface area (Å²) in [5.74, 6) is -0.674. The van der Waals surface area contributed by atoms with Gasteiger partial charge in [0.05, 0.1) is 6.16 Å². The second-order valence-electron chi connectivity index (χ2n) is 8.51. The number of hydrogen-bond donors (Lipinski definition) is 1. The average molecular weight is 448 g/mol. The Bertz CT molecular complexity index is 813. The Morgan fingerprint density at radius 3 is 1.25 bits per heavy atom. The lowest BCUT2D eigenvalue weighted by Crippen LogP contribution is -2.33. The van der Waals surface area contributed by atoms with E-state index in [1.165, 1.54) is 54.2 Å². The molecule has 32 heavy (non-hydrogen) atoms. The third-order valence-electron chi connectivity index (χ3n) is 6.23. The number of carboxylic acids is 1. The fourth-order valence-electron chi connectivity index (χ4n) is 4.57. The van der Waals surface area contributed by atoms with E-state index in [0.29, 0.717) is 6.42 Å². The summed E-state index contributed by atoms with van der Waals surface area (Å²) in [7, 11) is -1.69. The third-order valence-corrected chi connectivity index (χ3v) is 10.8. The van der Waals surface area contributed by atoms with Crippen LogP contribution in [-0.2, 0) is 4.79 Å². The number of carbonyl (C=O) groups is 1. The molecule has 3 aromatic carbocycles. The number of unbranched alkanes of at least 4 members (excludes halogenated alkanes) is 7. The zero-order chi connectivity index (χ0) is 22.5. The van der Waals surface area contributed by atoms with E-state index in [1.807, 2.05) is 0 Å². The van der Waals surface area contributed by atoms with Gasteiger partial charge in [-0.05, 0) is 55.7 Å². The van der Waals surface area contributed by atoms with Crippen molar-refractivity contribution in [3.8, 4) is 0 Å². The number of carboxylic acid groups (broad SMARTS) is 1. The first-order valence-corrected chi connectivity index (χ1v) is 14.0. The van der Waals surface area contributed by atoms with E-state index in [2.05, 4.69) is 91.0 Å². The SMILES string of the molecule is O=C(O)CCCCCCCCCC[P+](c1ccccc1)(c1ccccc1)c1ccccc1. The van der Waals surface area contributed by atoms with Crippen molar-refractivity contribution in [3.63, 3.8) is 0 Å². The third kappa shape index (κ3) is 6.78. The Morgan fingerprint density at radius 1 is 0.531 bits per heavy atom. The van der Waals surface area contributed by atoms with Gasteiger partial charge in [0.15, 0.2) is 0 Å². The van der Waals surface area contributed by atoms with Gasteiger partial charge in [-0.1, -0.05) is 86.7 Å². The number of aliphatic carboxylic acids is 1. The van der Waals surface area contributed by atoms with E-state index < -0.39 is 13.2 Å². The van der Waals surface area contributed by atoms with Gasteiger partial charge in [0.2, 0.25) is 0 Å². The van der Waals surface area contributed by atoms with Crippen molar-refractivity contribution < 1.29 is 9.90 Å². The molecule has 0 bridgehead atoms. The summed E-state index contributed by atoms with van der Waals surface area (Å²) in [4.78, 5) is 10.6. The van der Waals surface area contributed by atoms with Crippen molar-refractivity contribution in [2.45, 2.75) is 57.8 Å². The van der Waals surface area contributed by atoms with Crippen LogP contribution in [-0.4, -0.2) is 17.2 Å². The molecule has 3 rings (SSSR count). The maximum Gasteiger partial charge on any atom is 0.303 e. The van der Waals surface area contributed by atoms with Gasteiger partial charge in [-0.2, -0.15) is 0 Å². The highest BCUT2D eigenvalue weighted by molar-refractivity contribution is 7.95. The normalized spacial score (nSPS) is 11.4. The summed E-state index contributed by atoms with van der Waals surface area (Å²) in [5, 5.41) is 13.1. The predicted octanol–water partition coefficient (Wildman–Crippen LogP) is 6.58. The van der Waals surface area contributed by atoms with Gasteiger partial charge in [-0.25, -0.2) is 0 Å². The van der Waals surface area contributed by atoms with Gasteiger partial charge in [-0.3, -0.25) is 4.79 Å². The van der Waals surface area contributed by atoms with E-state index in [4.69, 9.17) is 5.11 Å². The van der Waals surface area contributed by atoms with Crippen molar-refractivity contribution in [1.82, 2.24) is 0 Å². The summed E-state index contributed by atoms with van der Waals surface area (Å²) in [6, 6.07) is 33.4. The molecule has 0 atom stereocenters. The fraction of sp³-hybridized carbons (Fsp3) is 0.345. The molecule has 3 heteroatoms. The Balaban J connectivity index is 1.66. The van der Waals surface area contributed by atoms with Crippen LogP contribution in [0.3, 0.4) is 0 Å². The molecule has 0 aromatic heterocycles. The van der Waals surface area contributed by atoms with Crippen molar-refractivity contribution in [2.75, 3.05) is 6.16 Å². The molecule has 0 aliphatic rings. The Kier molecular flexibility index (Phi) is 9.98. The second kappa shape index (κ2) is 13.2. The van der Waals surface area contributed by atoms with Gasteiger partial charge in [-0.15, -0.1) is 0 Å². The van der Waals surface area contributed by atoms with Crippen LogP contribution in [0, 0.1) is 0 Å². The van der Waals surface area contributed by atoms with Crippen molar-refractivity contribution in [1.29, 1.82) is 0 Å². The zero-order valence-electron chi connectivity index (χ0n) is 19.0. The fourth-order valence-corrected chi connectivity index (χ4v) is 8.98. The molecule has 1 N–H and O–H groups in total. The molecule has 0 aliphatic carbocycles. The highest BCUT2D eigenvalue weighted by Gasteiger charge is 2.44. The van der Waals surface area contributed by atoms with Gasteiger partial charge in [0, 0.05) is 6.42 Å². The van der Waals surface area contributed by atoms with E-state index >= 15 is 0 Å². The highest BCUT2D eigenvalue weighted by atomic mass is 31.2. The van der Waals surface area contributed by atoms with Crippen molar-refractivity contribution >= 4 is 29.1 Å². The largest absolute Gasteiger partial charge is 0.481 e. The number of hydrogen-bond acceptors (Lipinski definition) is 1. The van der Waals surface area contributed by atoms with Crippen LogP contribution in [0.2, 0.25) is 0 Å². The van der Waals surface area contributed by atoms with Crippen LogP contribution >= 0.6 is 7.26 Å². The zero-order valence-corrected chi connectivity index (χ0v) is 19.9. The molecule has 0 amide bonds. The van der Waals surface area contributed by atoms with Crippen LogP contribution in [0.5, 0.6) is 0 Å². The molecule has 0 spiro atoms. The molecule has 3 aromatic rings. The molecular weight excluding hydrogens is 411 g/mol. The summed E-state index contributed by atoms with van der Waals surface area (Å²) in [6.45, 7) is 0. The smallest absolute Gasteiger partial charge is 0.303 e. The summed E-state index contributed by atoms with van der Waals surface area (Å²) in [6.07, 6.45) is 10.7. The standard InChI is InChI=1S/C29H35O2P/c30-29(31)24-16-5-3-1-2-4-6-17-25-32(26-18-10-7-11-19-26,27-20-12-8-13-21-27)28-22-14-9-15-23-28/h7-15,18-23H,1-6,16-17,24-25H2/p+1. The number of benzene rings is 3. The first kappa shape index (κ1) is 24.2. The van der Waals surface area contributed by atoms with Crippen LogP contribution < -0.4 is 15.9 Å². The molecule has 0 fully saturated rings. The molecule has 0 saturated carbocycles. The van der Waals surface area contributed by atoms with Crippen LogP contribution in [0.25, 0.3) is 0 Å². The Hall–Kier alpha value is -2.44. The van der Waals surface area contributed by atoms with Gasteiger partial charge < -0.3 is 5.11 Å². The first-order chi connectivity index (χ1) is 15.7. The Morgan fingerprint density at radius 2 is 0.875 bits per heavy atom. The lowest BCUT2D eigenvalue weighted by atomic mass is 10.1. The number of rotatable bonds is 14. The second-order valence-corrected chi connectivity index (χ2v) is 12.1. The Labute approximate surface area is 194 Å². The van der Waals surface area contributed by atoms with Crippen LogP contribution in [0.1, 0.15) is 57.8 Å². The topological polar surface area (TPSA) is 37.3 Å². The van der Waals surface area contributed by atoms with Crippen LogP contribution in [0.4, 0.5) is 0 Å². The van der Waals surface area contributed by atoms with Crippen LogP contribution in [0.15, 0.2) is 91.0 Å². The molecule has 0 radical (unpaired) electrons. The molecule has 0 saturated heterocycles. The summed E-state index contributed by atoms with van der Waals surface area (Å²) >= 11 is 0. The maximum atomic E-state index is 10.6. The molecular formula is C29H36O2P+. The first-order valence-electron chi connectivity index (χ1n) is 12.0. The summed E-state index contributed by atoms with van der Waals surface area (Å²) in [5.41, 5.74) is 0. The summed E-state index contributed by atoms with van der Waals surface area (Å²) < 4.78 is 0. The molecule has 168 valence electrons. The van der Waals surface area contributed by atoms with E-state index in [-0.39, 0.29) is 0 Å². The van der Waals surface area contributed by atoms with Crippen molar-refractivity contribution in [2.24, 2.45) is 0 Å². The minimum Gasteiger partial charge on any atom is -0.481 e. The van der Waals surface area contributed by atoms with Crippen molar-refractivity contribution in [3.05, 3.63) is 91.0 Å². The lowest BCUT2D eigenvalue weighted by molar-refractivity contribution is -0.137. The minimum absolute atomic E-state index is 0.310. The minimum atomic E-state index is -1.69. The highest BCUT2D eigenvalue weighted by Crippen LogP contribution is 2.55. The quantitative estimate of drug-likeness (QED) is 0.224. The molecule has 2 nitrogen and oxygen atoms in total. The maximum absolute atomic E-state index is 10.6. The van der Waals surface area contributed by atoms with Gasteiger partial charge >= 0.3 is 5.97 Å². The van der Waals surface area contributed by atoms with E-state index in [0.717, 1.165) is 19.3 Å². The predicted molar refractivity (Wildman–Crippen MR) is 139 cm³/mol. The lowest BCUT2D eigenvalue weighted by Gasteiger charge is -2.27. The monoisotopic (exact) mass is 447 g/mol. The molecule has 0 unspecified atom stereocenters. The van der Waals surface area contributed by atoms with Gasteiger partial charge in [0.25, 0.3) is 0 Å². The molecule has 0 heterocycles. The molecule has 0 aliphatic heterocycles. The van der Waals surface area contributed by atoms with Gasteiger partial charge in [0.1, 0.15) is 23.2 Å². The average Bonchev–Trinajstić information content (AvgIpc) is 2.84. The van der Waals surface area contributed by atoms with E-state index in [1.54, 1.807) is 0 Å².